The number of furan rings is 2. The Morgan fingerprint density at radius 3 is 1.53 bits per heavy atom. The van der Waals surface area contributed by atoms with Crippen LogP contribution >= 0.6 is 0 Å². The number of fused-ring (bicyclic) bond motifs is 2. The summed E-state index contributed by atoms with van der Waals surface area (Å²) in [5.74, 6) is -0.399. The molecule has 2 amide bonds. The summed E-state index contributed by atoms with van der Waals surface area (Å²) in [6.45, 7) is 0.792. The second-order valence-electron chi connectivity index (χ2n) is 6.94. The molecule has 0 radical (unpaired) electrons. The number of carbonyl (C=O) groups is 2. The van der Waals surface area contributed by atoms with E-state index in [1.807, 2.05) is 24.3 Å². The van der Waals surface area contributed by atoms with E-state index in [2.05, 4.69) is 20.6 Å². The number of nitrogens with one attached hydrogen (secondary N) is 4. The average Bonchev–Trinajstić information content (AvgIpc) is 3.51. The quantitative estimate of drug-likeness (QED) is 0.347. The van der Waals surface area contributed by atoms with Gasteiger partial charge in [-0.2, -0.15) is 0 Å². The highest BCUT2D eigenvalue weighted by atomic mass is 16.3. The number of amides is 2. The maximum Gasteiger partial charge on any atom is 0.268 e. The largest absolute Gasteiger partial charge is 0.463 e. The minimum atomic E-state index is -0.200. The van der Waals surface area contributed by atoms with Crippen LogP contribution in [0.5, 0.6) is 0 Å². The monoisotopic (exact) mass is 402 g/mol. The van der Waals surface area contributed by atoms with Crippen molar-refractivity contribution < 1.29 is 18.4 Å². The van der Waals surface area contributed by atoms with E-state index in [0.29, 0.717) is 35.6 Å². The number of benzene rings is 1. The van der Waals surface area contributed by atoms with Gasteiger partial charge >= 0.3 is 0 Å². The van der Waals surface area contributed by atoms with E-state index in [9.17, 15) is 9.59 Å². The fraction of sp³-hybridized carbons (Fsp3) is 0.0909. The molecule has 150 valence electrons. The predicted octanol–water partition coefficient (Wildman–Crippen LogP) is 3.70. The molecule has 0 fully saturated rings. The molecule has 4 heterocycles. The SMILES string of the molecule is O=C(NCc1ccc(CNC(=O)c2cc3occc3[nH]2)cc1)c1cc2occc2[nH]1. The molecule has 0 atom stereocenters. The second-order valence-corrected chi connectivity index (χ2v) is 6.94. The Kier molecular flexibility index (Phi) is 4.36. The second kappa shape index (κ2) is 7.32. The zero-order chi connectivity index (χ0) is 20.5. The molecule has 0 aliphatic rings. The molecule has 0 bridgehead atoms. The maximum absolute atomic E-state index is 12.3. The van der Waals surface area contributed by atoms with E-state index in [-0.39, 0.29) is 11.8 Å². The Balaban J connectivity index is 1.14. The summed E-state index contributed by atoms with van der Waals surface area (Å²) in [7, 11) is 0. The van der Waals surface area contributed by atoms with Crippen LogP contribution in [0.15, 0.2) is 69.9 Å². The molecule has 30 heavy (non-hydrogen) atoms. The number of aromatic nitrogens is 2. The minimum absolute atomic E-state index is 0.200. The van der Waals surface area contributed by atoms with Crippen LogP contribution in [0, 0.1) is 0 Å². The lowest BCUT2D eigenvalue weighted by atomic mass is 10.1. The van der Waals surface area contributed by atoms with Crippen molar-refractivity contribution in [2.24, 2.45) is 0 Å². The van der Waals surface area contributed by atoms with Crippen LogP contribution in [0.1, 0.15) is 32.1 Å². The molecule has 4 aromatic heterocycles. The van der Waals surface area contributed by atoms with Gasteiger partial charge in [0.2, 0.25) is 0 Å². The van der Waals surface area contributed by atoms with Gasteiger partial charge in [-0.1, -0.05) is 24.3 Å². The first-order valence-electron chi connectivity index (χ1n) is 9.42. The predicted molar refractivity (Wildman–Crippen MR) is 110 cm³/mol. The molecule has 0 aliphatic heterocycles. The highest BCUT2D eigenvalue weighted by Crippen LogP contribution is 2.17. The van der Waals surface area contributed by atoms with Crippen LogP contribution in [-0.2, 0) is 13.1 Å². The minimum Gasteiger partial charge on any atom is -0.463 e. The van der Waals surface area contributed by atoms with Crippen molar-refractivity contribution in [3.8, 4) is 0 Å². The van der Waals surface area contributed by atoms with Crippen LogP contribution in [0.4, 0.5) is 0 Å². The van der Waals surface area contributed by atoms with Crippen LogP contribution < -0.4 is 10.6 Å². The van der Waals surface area contributed by atoms with Gasteiger partial charge in [0.25, 0.3) is 11.8 Å². The van der Waals surface area contributed by atoms with Crippen LogP contribution in [0.2, 0.25) is 0 Å². The summed E-state index contributed by atoms with van der Waals surface area (Å²) < 4.78 is 10.5. The van der Waals surface area contributed by atoms with Gasteiger partial charge in [-0.15, -0.1) is 0 Å². The maximum atomic E-state index is 12.3. The first-order valence-corrected chi connectivity index (χ1v) is 9.42. The first kappa shape index (κ1) is 17.9. The number of aromatic amines is 2. The number of hydrogen-bond acceptors (Lipinski definition) is 4. The number of carbonyl (C=O) groups excluding carboxylic acids is 2. The third kappa shape index (κ3) is 3.46. The van der Waals surface area contributed by atoms with Crippen molar-refractivity contribution in [3.63, 3.8) is 0 Å². The Morgan fingerprint density at radius 2 is 1.13 bits per heavy atom. The van der Waals surface area contributed by atoms with E-state index in [0.717, 1.165) is 22.2 Å². The lowest BCUT2D eigenvalue weighted by molar-refractivity contribution is 0.0938. The molecular formula is C22H18N4O4. The fourth-order valence-electron chi connectivity index (χ4n) is 3.27. The highest BCUT2D eigenvalue weighted by Gasteiger charge is 2.12. The Bertz CT molecular complexity index is 1180. The Hall–Kier alpha value is -4.20. The summed E-state index contributed by atoms with van der Waals surface area (Å²) in [4.78, 5) is 30.6. The van der Waals surface area contributed by atoms with Gasteiger partial charge in [-0.25, -0.2) is 0 Å². The van der Waals surface area contributed by atoms with Gasteiger partial charge in [0, 0.05) is 37.4 Å². The van der Waals surface area contributed by atoms with Gasteiger partial charge < -0.3 is 29.4 Å². The molecular weight excluding hydrogens is 384 g/mol. The van der Waals surface area contributed by atoms with Crippen molar-refractivity contribution in [1.29, 1.82) is 0 Å². The molecule has 4 N–H and O–H groups in total. The molecule has 8 heteroatoms. The average molecular weight is 402 g/mol. The molecule has 0 spiro atoms. The third-order valence-corrected chi connectivity index (χ3v) is 4.90. The fourth-order valence-corrected chi connectivity index (χ4v) is 3.27. The van der Waals surface area contributed by atoms with Crippen molar-refractivity contribution in [3.05, 3.63) is 83.6 Å². The number of hydrogen-bond donors (Lipinski definition) is 4. The van der Waals surface area contributed by atoms with E-state index in [1.165, 1.54) is 0 Å². The van der Waals surface area contributed by atoms with Crippen molar-refractivity contribution >= 4 is 34.0 Å². The lowest BCUT2D eigenvalue weighted by Crippen LogP contribution is -2.24. The van der Waals surface area contributed by atoms with Gasteiger partial charge in [-0.05, 0) is 11.1 Å². The smallest absolute Gasteiger partial charge is 0.268 e. The van der Waals surface area contributed by atoms with E-state index in [1.54, 1.807) is 36.8 Å². The van der Waals surface area contributed by atoms with E-state index >= 15 is 0 Å². The summed E-state index contributed by atoms with van der Waals surface area (Å²) in [6, 6.07) is 14.6. The van der Waals surface area contributed by atoms with E-state index < -0.39 is 0 Å². The van der Waals surface area contributed by atoms with Crippen LogP contribution in [0.25, 0.3) is 22.2 Å². The Labute approximate surface area is 170 Å². The van der Waals surface area contributed by atoms with Gasteiger partial charge in [-0.3, -0.25) is 9.59 Å². The summed E-state index contributed by atoms with van der Waals surface area (Å²) in [6.07, 6.45) is 3.14. The van der Waals surface area contributed by atoms with E-state index in [4.69, 9.17) is 8.83 Å². The van der Waals surface area contributed by atoms with Crippen molar-refractivity contribution in [2.45, 2.75) is 13.1 Å². The summed E-state index contributed by atoms with van der Waals surface area (Å²) >= 11 is 0. The van der Waals surface area contributed by atoms with Crippen LogP contribution in [-0.4, -0.2) is 21.8 Å². The lowest BCUT2D eigenvalue weighted by Gasteiger charge is -2.07. The highest BCUT2D eigenvalue weighted by molar-refractivity contribution is 5.97. The molecule has 0 aliphatic carbocycles. The molecule has 0 saturated heterocycles. The zero-order valence-electron chi connectivity index (χ0n) is 15.8. The molecule has 5 aromatic rings. The standard InChI is InChI=1S/C22H18N4O4/c27-21(17-9-19-15(25-17)5-7-29-19)23-11-13-1-2-14(4-3-13)12-24-22(28)18-10-20-16(26-18)6-8-30-20/h1-10,25-26H,11-12H2,(H,23,27)(H,24,28). The normalized spacial score (nSPS) is 11.2. The summed E-state index contributed by atoms with van der Waals surface area (Å²) in [5.41, 5.74) is 5.72. The van der Waals surface area contributed by atoms with Crippen LogP contribution in [0.3, 0.4) is 0 Å². The number of rotatable bonds is 6. The molecule has 0 saturated carbocycles. The Morgan fingerprint density at radius 1 is 0.700 bits per heavy atom. The topological polar surface area (TPSA) is 116 Å². The molecule has 5 rings (SSSR count). The molecule has 1 aromatic carbocycles. The molecule has 8 nitrogen and oxygen atoms in total. The number of H-pyrrole nitrogens is 2. The van der Waals surface area contributed by atoms with Gasteiger partial charge in [0.15, 0.2) is 11.2 Å². The first-order chi connectivity index (χ1) is 14.7. The third-order valence-electron chi connectivity index (χ3n) is 4.90. The van der Waals surface area contributed by atoms with Crippen molar-refractivity contribution in [2.75, 3.05) is 0 Å². The summed E-state index contributed by atoms with van der Waals surface area (Å²) in [5, 5.41) is 5.75. The zero-order valence-corrected chi connectivity index (χ0v) is 15.8. The van der Waals surface area contributed by atoms with Gasteiger partial charge in [0.05, 0.1) is 23.6 Å². The van der Waals surface area contributed by atoms with Gasteiger partial charge in [0.1, 0.15) is 11.4 Å². The van der Waals surface area contributed by atoms with Crippen molar-refractivity contribution in [1.82, 2.24) is 20.6 Å². The molecule has 0 unspecified atom stereocenters.